The first-order valence-corrected chi connectivity index (χ1v) is 6.61. The van der Waals surface area contributed by atoms with Gasteiger partial charge in [-0.3, -0.25) is 4.79 Å². The van der Waals surface area contributed by atoms with Gasteiger partial charge in [0.15, 0.2) is 0 Å². The van der Waals surface area contributed by atoms with Gasteiger partial charge in [0.05, 0.1) is 0 Å². The van der Waals surface area contributed by atoms with Crippen molar-refractivity contribution < 1.29 is 9.90 Å². The Bertz CT molecular complexity index is 647. The number of hydrogen-bond acceptors (Lipinski definition) is 2. The third-order valence-corrected chi connectivity index (χ3v) is 3.43. The lowest BCUT2D eigenvalue weighted by Crippen LogP contribution is -2.16. The summed E-state index contributed by atoms with van der Waals surface area (Å²) in [5.74, 6) is 0.0542. The highest BCUT2D eigenvalue weighted by Gasteiger charge is 2.13. The fourth-order valence-electron chi connectivity index (χ4n) is 1.87. The molecule has 5 heteroatoms. The van der Waals surface area contributed by atoms with Crippen molar-refractivity contribution in [3.63, 3.8) is 0 Å². The number of anilines is 1. The topological polar surface area (TPSA) is 54.3 Å². The van der Waals surface area contributed by atoms with Crippen LogP contribution in [0.3, 0.4) is 0 Å². The van der Waals surface area contributed by atoms with E-state index in [9.17, 15) is 9.90 Å². The van der Waals surface area contributed by atoms with Gasteiger partial charge >= 0.3 is 0 Å². The van der Waals surface area contributed by atoms with Gasteiger partial charge in [-0.05, 0) is 59.1 Å². The van der Waals surface area contributed by atoms with Crippen LogP contribution >= 0.6 is 15.9 Å². The maximum absolute atomic E-state index is 12.2. The van der Waals surface area contributed by atoms with Gasteiger partial charge in [0.2, 0.25) is 0 Å². The number of nitrogens with zero attached hydrogens (tertiary/aromatic N) is 1. The first-order valence-electron chi connectivity index (χ1n) is 5.82. The number of carbonyl (C=O) groups is 1. The van der Waals surface area contributed by atoms with E-state index in [0.717, 1.165) is 15.6 Å². The van der Waals surface area contributed by atoms with E-state index in [-0.39, 0.29) is 11.7 Å². The molecular formula is C14H15BrN2O2. The van der Waals surface area contributed by atoms with Gasteiger partial charge in [-0.15, -0.1) is 0 Å². The van der Waals surface area contributed by atoms with Crippen LogP contribution in [-0.2, 0) is 7.05 Å². The molecule has 1 aromatic carbocycles. The molecule has 0 saturated carbocycles. The van der Waals surface area contributed by atoms with Crippen LogP contribution in [0.2, 0.25) is 0 Å². The van der Waals surface area contributed by atoms with Crippen LogP contribution in [0, 0.1) is 13.8 Å². The van der Waals surface area contributed by atoms with E-state index in [1.165, 1.54) is 0 Å². The number of carbonyl (C=O) groups excluding carboxylic acids is 1. The second-order valence-corrected chi connectivity index (χ2v) is 5.48. The molecule has 0 saturated heterocycles. The summed E-state index contributed by atoms with van der Waals surface area (Å²) in [7, 11) is 1.81. The number of aryl methyl sites for hydroxylation is 3. The monoisotopic (exact) mass is 322 g/mol. The van der Waals surface area contributed by atoms with Gasteiger partial charge in [-0.1, -0.05) is 0 Å². The summed E-state index contributed by atoms with van der Waals surface area (Å²) < 4.78 is 2.61. The minimum atomic E-state index is -0.179. The average Bonchev–Trinajstić information content (AvgIpc) is 2.65. The van der Waals surface area contributed by atoms with Crippen molar-refractivity contribution in [3.05, 3.63) is 45.7 Å². The number of amides is 1. The summed E-state index contributed by atoms with van der Waals surface area (Å²) in [4.78, 5) is 12.2. The smallest absolute Gasteiger partial charge is 0.272 e. The predicted octanol–water partition coefficient (Wildman–Crippen LogP) is 3.36. The molecule has 0 aliphatic heterocycles. The van der Waals surface area contributed by atoms with Crippen molar-refractivity contribution in [3.8, 4) is 5.75 Å². The number of phenols is 1. The standard InChI is InChI=1S/C14H15BrN2O2/c1-8-5-13(18)9(2)4-11(8)16-14(19)12-6-10(15)7-17(12)3/h4-7,18H,1-3H3,(H,16,19). The lowest BCUT2D eigenvalue weighted by atomic mass is 10.1. The summed E-state index contributed by atoms with van der Waals surface area (Å²) >= 11 is 3.34. The number of nitrogens with one attached hydrogen (secondary N) is 1. The summed E-state index contributed by atoms with van der Waals surface area (Å²) in [5.41, 5.74) is 2.83. The molecule has 0 spiro atoms. The molecule has 1 heterocycles. The second kappa shape index (κ2) is 5.09. The van der Waals surface area contributed by atoms with Crippen LogP contribution in [0.5, 0.6) is 5.75 Å². The average molecular weight is 323 g/mol. The van der Waals surface area contributed by atoms with Crippen LogP contribution in [0.25, 0.3) is 0 Å². The van der Waals surface area contributed by atoms with Crippen molar-refractivity contribution >= 4 is 27.5 Å². The largest absolute Gasteiger partial charge is 0.508 e. The number of benzene rings is 1. The Balaban J connectivity index is 2.29. The summed E-state index contributed by atoms with van der Waals surface area (Å²) in [6.07, 6.45) is 1.82. The molecule has 0 aliphatic rings. The molecule has 100 valence electrons. The number of hydrogen-bond donors (Lipinski definition) is 2. The number of phenolic OH excluding ortho intramolecular Hbond substituents is 1. The zero-order valence-corrected chi connectivity index (χ0v) is 12.6. The molecule has 1 amide bonds. The molecule has 0 aliphatic carbocycles. The zero-order chi connectivity index (χ0) is 14.2. The third-order valence-electron chi connectivity index (χ3n) is 3.00. The molecular weight excluding hydrogens is 308 g/mol. The van der Waals surface area contributed by atoms with Crippen molar-refractivity contribution in [2.45, 2.75) is 13.8 Å². The number of aromatic nitrogens is 1. The van der Waals surface area contributed by atoms with Crippen molar-refractivity contribution in [1.82, 2.24) is 4.57 Å². The van der Waals surface area contributed by atoms with E-state index in [2.05, 4.69) is 21.2 Å². The molecule has 0 radical (unpaired) electrons. The number of halogens is 1. The van der Waals surface area contributed by atoms with E-state index in [1.807, 2.05) is 20.2 Å². The predicted molar refractivity (Wildman–Crippen MR) is 78.6 cm³/mol. The highest BCUT2D eigenvalue weighted by Crippen LogP contribution is 2.25. The maximum Gasteiger partial charge on any atom is 0.272 e. The molecule has 2 aromatic rings. The zero-order valence-electron chi connectivity index (χ0n) is 11.0. The molecule has 19 heavy (non-hydrogen) atoms. The lowest BCUT2D eigenvalue weighted by Gasteiger charge is -2.11. The Morgan fingerprint density at radius 1 is 1.26 bits per heavy atom. The molecule has 1 aromatic heterocycles. The first-order chi connectivity index (χ1) is 8.88. The maximum atomic E-state index is 12.2. The Labute approximate surface area is 120 Å². The number of aromatic hydroxyl groups is 1. The first kappa shape index (κ1) is 13.7. The second-order valence-electron chi connectivity index (χ2n) is 4.56. The quantitative estimate of drug-likeness (QED) is 0.833. The molecule has 0 fully saturated rings. The van der Waals surface area contributed by atoms with Crippen molar-refractivity contribution in [2.75, 3.05) is 5.32 Å². The van der Waals surface area contributed by atoms with Gasteiger partial charge in [-0.25, -0.2) is 0 Å². The van der Waals surface area contributed by atoms with E-state index in [0.29, 0.717) is 11.4 Å². The molecule has 0 unspecified atom stereocenters. The summed E-state index contributed by atoms with van der Waals surface area (Å²) in [6, 6.07) is 5.17. The summed E-state index contributed by atoms with van der Waals surface area (Å²) in [5, 5.41) is 12.5. The van der Waals surface area contributed by atoms with E-state index < -0.39 is 0 Å². The van der Waals surface area contributed by atoms with Crippen molar-refractivity contribution in [1.29, 1.82) is 0 Å². The molecule has 2 N–H and O–H groups in total. The lowest BCUT2D eigenvalue weighted by molar-refractivity contribution is 0.101. The molecule has 0 bridgehead atoms. The van der Waals surface area contributed by atoms with Crippen LogP contribution in [0.4, 0.5) is 5.69 Å². The van der Waals surface area contributed by atoms with Crippen LogP contribution in [-0.4, -0.2) is 15.6 Å². The Kier molecular flexibility index (Phi) is 3.66. The van der Waals surface area contributed by atoms with Gasteiger partial charge < -0.3 is 15.0 Å². The SMILES string of the molecule is Cc1cc(NC(=O)c2cc(Br)cn2C)c(C)cc1O. The minimum absolute atomic E-state index is 0.179. The minimum Gasteiger partial charge on any atom is -0.508 e. The van der Waals surface area contributed by atoms with Gasteiger partial charge in [-0.2, -0.15) is 0 Å². The molecule has 0 atom stereocenters. The molecule has 4 nitrogen and oxygen atoms in total. The number of rotatable bonds is 2. The van der Waals surface area contributed by atoms with Gasteiger partial charge in [0.1, 0.15) is 11.4 Å². The van der Waals surface area contributed by atoms with Crippen molar-refractivity contribution in [2.24, 2.45) is 7.05 Å². The Hall–Kier alpha value is -1.75. The van der Waals surface area contributed by atoms with Gasteiger partial charge in [0, 0.05) is 23.4 Å². The van der Waals surface area contributed by atoms with Crippen LogP contribution < -0.4 is 5.32 Å². The van der Waals surface area contributed by atoms with Gasteiger partial charge in [0.25, 0.3) is 5.91 Å². The summed E-state index contributed by atoms with van der Waals surface area (Å²) in [6.45, 7) is 3.64. The van der Waals surface area contributed by atoms with E-state index >= 15 is 0 Å². The van der Waals surface area contributed by atoms with E-state index in [1.54, 1.807) is 29.7 Å². The fourth-order valence-corrected chi connectivity index (χ4v) is 2.40. The Morgan fingerprint density at radius 2 is 1.95 bits per heavy atom. The normalized spacial score (nSPS) is 10.5. The van der Waals surface area contributed by atoms with Crippen LogP contribution in [0.1, 0.15) is 21.6 Å². The van der Waals surface area contributed by atoms with Crippen LogP contribution in [0.15, 0.2) is 28.9 Å². The molecule has 2 rings (SSSR count). The highest BCUT2D eigenvalue weighted by atomic mass is 79.9. The fraction of sp³-hybridized carbons (Fsp3) is 0.214. The highest BCUT2D eigenvalue weighted by molar-refractivity contribution is 9.10. The third kappa shape index (κ3) is 2.81. The van der Waals surface area contributed by atoms with E-state index in [4.69, 9.17) is 0 Å². The Morgan fingerprint density at radius 3 is 2.53 bits per heavy atom.